The minimum Gasteiger partial charge on any atom is -0.478 e. The van der Waals surface area contributed by atoms with Gasteiger partial charge in [0.1, 0.15) is 0 Å². The first-order valence-corrected chi connectivity index (χ1v) is 6.67. The summed E-state index contributed by atoms with van der Waals surface area (Å²) in [5.74, 6) is -1.62. The largest absolute Gasteiger partial charge is 0.478 e. The van der Waals surface area contributed by atoms with Crippen molar-refractivity contribution in [2.45, 2.75) is 6.18 Å². The Balaban J connectivity index is 2.54. The van der Waals surface area contributed by atoms with E-state index in [0.717, 1.165) is 6.07 Å². The van der Waals surface area contributed by atoms with E-state index in [1.54, 1.807) is 30.3 Å². The summed E-state index contributed by atoms with van der Waals surface area (Å²) < 4.78 is 40.8. The van der Waals surface area contributed by atoms with Gasteiger partial charge in [0.25, 0.3) is 0 Å². The van der Waals surface area contributed by atoms with Crippen LogP contribution in [0.5, 0.6) is 0 Å². The number of nitrogens with zero attached hydrogens (tertiary/aromatic N) is 1. The summed E-state index contributed by atoms with van der Waals surface area (Å²) in [5.41, 5.74) is -1.78. The summed E-state index contributed by atoms with van der Waals surface area (Å²) in [5, 5.41) is 9.58. The molecule has 1 N–H and O–H groups in total. The highest BCUT2D eigenvalue weighted by Crippen LogP contribution is 2.42. The standard InChI is InChI=1S/C17H10F3NO2/c18-17(19,20)14-12(16(22)23)9-11-7-4-8-21-15(11)13(14)10-5-2-1-3-6-10/h1-9H,(H,22,23). The predicted octanol–water partition coefficient (Wildman–Crippen LogP) is 4.62. The van der Waals surface area contributed by atoms with Crippen molar-refractivity contribution < 1.29 is 23.1 Å². The predicted molar refractivity (Wildman–Crippen MR) is 79.1 cm³/mol. The number of fused-ring (bicyclic) bond motifs is 1. The number of halogens is 3. The van der Waals surface area contributed by atoms with E-state index >= 15 is 0 Å². The van der Waals surface area contributed by atoms with Gasteiger partial charge in [-0.2, -0.15) is 13.2 Å². The van der Waals surface area contributed by atoms with E-state index in [-0.39, 0.29) is 16.6 Å². The van der Waals surface area contributed by atoms with Gasteiger partial charge >= 0.3 is 12.1 Å². The summed E-state index contributed by atoms with van der Waals surface area (Å²) >= 11 is 0. The SMILES string of the molecule is O=C(O)c1cc2cccnc2c(-c2ccccc2)c1C(F)(F)F. The molecule has 3 nitrogen and oxygen atoms in total. The van der Waals surface area contributed by atoms with E-state index in [9.17, 15) is 23.1 Å². The zero-order chi connectivity index (χ0) is 16.6. The molecule has 1 aromatic heterocycles. The number of alkyl halides is 3. The average molecular weight is 317 g/mol. The highest BCUT2D eigenvalue weighted by atomic mass is 19.4. The minimum atomic E-state index is -4.81. The molecule has 0 aliphatic rings. The van der Waals surface area contributed by atoms with Crippen molar-refractivity contribution >= 4 is 16.9 Å². The smallest absolute Gasteiger partial charge is 0.417 e. The molecule has 0 radical (unpaired) electrons. The van der Waals surface area contributed by atoms with Crippen LogP contribution in [-0.2, 0) is 6.18 Å². The van der Waals surface area contributed by atoms with E-state index in [4.69, 9.17) is 0 Å². The van der Waals surface area contributed by atoms with Crippen molar-refractivity contribution in [1.82, 2.24) is 4.98 Å². The molecule has 0 fully saturated rings. The lowest BCUT2D eigenvalue weighted by Crippen LogP contribution is -2.15. The molecule has 1 heterocycles. The summed E-state index contributed by atoms with van der Waals surface area (Å²) in [4.78, 5) is 15.4. The Morgan fingerprint density at radius 3 is 2.35 bits per heavy atom. The van der Waals surface area contributed by atoms with Gasteiger partial charge in [-0.05, 0) is 17.7 Å². The highest BCUT2D eigenvalue weighted by Gasteiger charge is 2.39. The lowest BCUT2D eigenvalue weighted by Gasteiger charge is -2.18. The fourth-order valence-corrected chi connectivity index (χ4v) is 2.57. The van der Waals surface area contributed by atoms with Gasteiger partial charge in [0.05, 0.1) is 16.6 Å². The van der Waals surface area contributed by atoms with Crippen LogP contribution in [0.15, 0.2) is 54.7 Å². The molecule has 0 spiro atoms. The molecule has 0 saturated carbocycles. The zero-order valence-electron chi connectivity index (χ0n) is 11.6. The van der Waals surface area contributed by atoms with Gasteiger partial charge in [-0.3, -0.25) is 4.98 Å². The second-order valence-corrected chi connectivity index (χ2v) is 4.92. The Bertz CT molecular complexity index is 889. The van der Waals surface area contributed by atoms with Gasteiger partial charge in [-0.25, -0.2) is 4.79 Å². The molecule has 0 unspecified atom stereocenters. The van der Waals surface area contributed by atoms with Crippen molar-refractivity contribution in [1.29, 1.82) is 0 Å². The summed E-state index contributed by atoms with van der Waals surface area (Å²) in [6.07, 6.45) is -3.43. The van der Waals surface area contributed by atoms with Crippen LogP contribution >= 0.6 is 0 Å². The summed E-state index contributed by atoms with van der Waals surface area (Å²) in [6, 6.07) is 12.0. The first kappa shape index (κ1) is 15.0. The molecule has 6 heteroatoms. The molecule has 2 aromatic carbocycles. The molecular formula is C17H10F3NO2. The lowest BCUT2D eigenvalue weighted by atomic mass is 9.91. The molecule has 0 bridgehead atoms. The number of hydrogen-bond donors (Lipinski definition) is 1. The highest BCUT2D eigenvalue weighted by molar-refractivity contribution is 6.03. The number of carbonyl (C=O) groups is 1. The number of aromatic carboxylic acids is 1. The molecular weight excluding hydrogens is 307 g/mol. The third kappa shape index (κ3) is 2.63. The van der Waals surface area contributed by atoms with Crippen molar-refractivity contribution in [3.8, 4) is 11.1 Å². The van der Waals surface area contributed by atoms with Crippen LogP contribution < -0.4 is 0 Å². The lowest BCUT2D eigenvalue weighted by molar-refractivity contribution is -0.137. The zero-order valence-corrected chi connectivity index (χ0v) is 11.6. The fraction of sp³-hybridized carbons (Fsp3) is 0.0588. The van der Waals surface area contributed by atoms with E-state index < -0.39 is 23.3 Å². The minimum absolute atomic E-state index is 0.121. The van der Waals surface area contributed by atoms with Crippen molar-refractivity contribution in [3.05, 3.63) is 65.9 Å². The monoisotopic (exact) mass is 317 g/mol. The molecule has 116 valence electrons. The van der Waals surface area contributed by atoms with Gasteiger partial charge in [-0.15, -0.1) is 0 Å². The number of carboxylic acids is 1. The Kier molecular flexibility index (Phi) is 3.52. The quantitative estimate of drug-likeness (QED) is 0.750. The number of carboxylic acid groups (broad SMARTS) is 1. The molecule has 0 saturated heterocycles. The number of benzene rings is 2. The second kappa shape index (κ2) is 5.39. The van der Waals surface area contributed by atoms with Crippen LogP contribution in [0.4, 0.5) is 13.2 Å². The van der Waals surface area contributed by atoms with E-state index in [2.05, 4.69) is 4.98 Å². The topological polar surface area (TPSA) is 50.2 Å². The first-order valence-electron chi connectivity index (χ1n) is 6.67. The van der Waals surface area contributed by atoms with E-state index in [1.165, 1.54) is 18.3 Å². The Hall–Kier alpha value is -2.89. The Morgan fingerprint density at radius 2 is 1.74 bits per heavy atom. The number of aromatic nitrogens is 1. The van der Waals surface area contributed by atoms with E-state index in [1.807, 2.05) is 0 Å². The third-order valence-corrected chi connectivity index (χ3v) is 3.47. The van der Waals surface area contributed by atoms with Gasteiger partial charge in [-0.1, -0.05) is 36.4 Å². The number of pyridine rings is 1. The van der Waals surface area contributed by atoms with Crippen molar-refractivity contribution in [2.24, 2.45) is 0 Å². The fourth-order valence-electron chi connectivity index (χ4n) is 2.57. The normalized spacial score (nSPS) is 11.6. The molecule has 23 heavy (non-hydrogen) atoms. The molecule has 0 amide bonds. The van der Waals surface area contributed by atoms with Crippen LogP contribution in [0.3, 0.4) is 0 Å². The van der Waals surface area contributed by atoms with Crippen molar-refractivity contribution in [2.75, 3.05) is 0 Å². The van der Waals surface area contributed by atoms with Crippen LogP contribution in [0, 0.1) is 0 Å². The van der Waals surface area contributed by atoms with Gasteiger partial charge in [0.2, 0.25) is 0 Å². The van der Waals surface area contributed by atoms with Gasteiger partial charge in [0, 0.05) is 17.1 Å². The maximum absolute atomic E-state index is 13.6. The second-order valence-electron chi connectivity index (χ2n) is 4.92. The third-order valence-electron chi connectivity index (χ3n) is 3.47. The van der Waals surface area contributed by atoms with Gasteiger partial charge in [0.15, 0.2) is 0 Å². The maximum Gasteiger partial charge on any atom is 0.417 e. The molecule has 0 aliphatic carbocycles. The Morgan fingerprint density at radius 1 is 1.04 bits per heavy atom. The van der Waals surface area contributed by atoms with Crippen LogP contribution in [0.2, 0.25) is 0 Å². The molecule has 3 aromatic rings. The maximum atomic E-state index is 13.6. The number of hydrogen-bond acceptors (Lipinski definition) is 2. The van der Waals surface area contributed by atoms with Crippen LogP contribution in [0.25, 0.3) is 22.0 Å². The average Bonchev–Trinajstić information content (AvgIpc) is 2.53. The molecule has 0 aliphatic heterocycles. The van der Waals surface area contributed by atoms with Gasteiger partial charge < -0.3 is 5.11 Å². The number of rotatable bonds is 2. The van der Waals surface area contributed by atoms with Crippen LogP contribution in [0.1, 0.15) is 15.9 Å². The van der Waals surface area contributed by atoms with Crippen LogP contribution in [-0.4, -0.2) is 16.1 Å². The molecule has 0 atom stereocenters. The summed E-state index contributed by atoms with van der Waals surface area (Å²) in [6.45, 7) is 0. The Labute approximate surface area is 129 Å². The first-order chi connectivity index (χ1) is 10.9. The summed E-state index contributed by atoms with van der Waals surface area (Å²) in [7, 11) is 0. The van der Waals surface area contributed by atoms with Crippen molar-refractivity contribution in [3.63, 3.8) is 0 Å². The molecule has 3 rings (SSSR count). The van der Waals surface area contributed by atoms with E-state index in [0.29, 0.717) is 5.39 Å².